The lowest BCUT2D eigenvalue weighted by atomic mass is 10.1. The number of halogens is 4. The number of esters is 1. The van der Waals surface area contributed by atoms with E-state index in [9.17, 15) is 41.5 Å². The standard InChI is InChI=1S/C40H64F4N4O10/c1-4-6-8-14-31(49)45-18-11-10-13-30(48-33(51)16-12-19-46-32(50)15-9-7-5-2)40(53)47-20-22-55-24-26-57-28-27-56-25-23-54-21-17-34(52)58-39-36(42)29(3)35(41)37(43)38(39)44/h30H,4-28H2,1-3H3,(H,45,49)(H,46,50)(H,47,53)(H,48,51)/t30-/m0/s1. The van der Waals surface area contributed by atoms with Crippen molar-refractivity contribution in [3.05, 3.63) is 28.8 Å². The third kappa shape index (κ3) is 24.1. The fraction of sp³-hybridized carbons (Fsp3) is 0.725. The van der Waals surface area contributed by atoms with Crippen LogP contribution in [-0.2, 0) is 42.9 Å². The Morgan fingerprint density at radius 2 is 1.03 bits per heavy atom. The normalized spacial score (nSPS) is 11.6. The van der Waals surface area contributed by atoms with Crippen LogP contribution in [0, 0.1) is 30.2 Å². The first-order valence-electron chi connectivity index (χ1n) is 20.4. The molecule has 0 heterocycles. The second kappa shape index (κ2) is 33.0. The van der Waals surface area contributed by atoms with Gasteiger partial charge in [0.1, 0.15) is 6.04 Å². The molecule has 332 valence electrons. The van der Waals surface area contributed by atoms with Gasteiger partial charge in [-0.2, -0.15) is 4.39 Å². The Balaban J connectivity index is 2.23. The molecule has 0 aromatic heterocycles. The van der Waals surface area contributed by atoms with E-state index in [0.29, 0.717) is 51.6 Å². The highest BCUT2D eigenvalue weighted by atomic mass is 19.2. The third-order valence-electron chi connectivity index (χ3n) is 8.58. The van der Waals surface area contributed by atoms with Gasteiger partial charge in [0.2, 0.25) is 35.2 Å². The SMILES string of the molecule is CCCCCC(=O)NCCCC[C@H](NC(=O)CCCNC(=O)CCCCC)C(=O)NCCOCCOCCOCCOCCC(=O)Oc1c(F)c(C)c(F)c(F)c1F. The maximum atomic E-state index is 14.0. The molecule has 1 aromatic rings. The molecule has 18 heteroatoms. The van der Waals surface area contributed by atoms with E-state index < -0.39 is 53.0 Å². The number of hydrogen-bond donors (Lipinski definition) is 4. The summed E-state index contributed by atoms with van der Waals surface area (Å²) >= 11 is 0. The maximum absolute atomic E-state index is 14.0. The van der Waals surface area contributed by atoms with Gasteiger partial charge >= 0.3 is 5.97 Å². The number of ether oxygens (including phenoxy) is 5. The molecule has 0 fully saturated rings. The van der Waals surface area contributed by atoms with Crippen LogP contribution >= 0.6 is 0 Å². The van der Waals surface area contributed by atoms with Gasteiger partial charge in [-0.25, -0.2) is 13.2 Å². The number of rotatable bonds is 35. The molecule has 0 aliphatic carbocycles. The van der Waals surface area contributed by atoms with Crippen molar-refractivity contribution in [3.8, 4) is 5.75 Å². The maximum Gasteiger partial charge on any atom is 0.313 e. The summed E-state index contributed by atoms with van der Waals surface area (Å²) in [6.45, 7) is 7.42. The van der Waals surface area contributed by atoms with Crippen molar-refractivity contribution in [3.63, 3.8) is 0 Å². The van der Waals surface area contributed by atoms with Crippen molar-refractivity contribution in [2.45, 2.75) is 117 Å². The predicted molar refractivity (Wildman–Crippen MR) is 207 cm³/mol. The van der Waals surface area contributed by atoms with E-state index in [1.54, 1.807) is 0 Å². The van der Waals surface area contributed by atoms with E-state index in [1.165, 1.54) is 0 Å². The number of unbranched alkanes of at least 4 members (excludes halogenated alkanes) is 5. The molecule has 0 aliphatic heterocycles. The molecular weight excluding hydrogens is 772 g/mol. The third-order valence-corrected chi connectivity index (χ3v) is 8.58. The minimum atomic E-state index is -1.94. The van der Waals surface area contributed by atoms with Gasteiger partial charge in [-0.05, 0) is 45.4 Å². The van der Waals surface area contributed by atoms with Crippen molar-refractivity contribution in [1.29, 1.82) is 0 Å². The molecule has 4 amide bonds. The van der Waals surface area contributed by atoms with Crippen LogP contribution in [0.1, 0.15) is 109 Å². The summed E-state index contributed by atoms with van der Waals surface area (Å²) in [6.07, 6.45) is 8.56. The summed E-state index contributed by atoms with van der Waals surface area (Å²) in [6, 6.07) is -0.761. The van der Waals surface area contributed by atoms with E-state index in [2.05, 4.69) is 39.9 Å². The van der Waals surface area contributed by atoms with Crippen LogP contribution in [0.3, 0.4) is 0 Å². The van der Waals surface area contributed by atoms with Crippen molar-refractivity contribution in [2.75, 3.05) is 72.5 Å². The highest BCUT2D eigenvalue weighted by molar-refractivity contribution is 5.87. The van der Waals surface area contributed by atoms with Crippen molar-refractivity contribution in [2.24, 2.45) is 0 Å². The van der Waals surface area contributed by atoms with E-state index in [4.69, 9.17) is 18.9 Å². The second-order valence-electron chi connectivity index (χ2n) is 13.5. The quantitative estimate of drug-likeness (QED) is 0.0184. The molecule has 1 atom stereocenters. The van der Waals surface area contributed by atoms with Gasteiger partial charge in [0.25, 0.3) is 0 Å². The van der Waals surface area contributed by atoms with Crippen LogP contribution in [0.2, 0.25) is 0 Å². The Labute approximate surface area is 339 Å². The summed E-state index contributed by atoms with van der Waals surface area (Å²) in [7, 11) is 0. The van der Waals surface area contributed by atoms with Gasteiger partial charge < -0.3 is 45.0 Å². The van der Waals surface area contributed by atoms with Crippen molar-refractivity contribution in [1.82, 2.24) is 21.3 Å². The van der Waals surface area contributed by atoms with Crippen LogP contribution in [0.4, 0.5) is 17.6 Å². The molecule has 0 bridgehead atoms. The molecule has 4 N–H and O–H groups in total. The number of carbonyl (C=O) groups is 5. The summed E-state index contributed by atoms with van der Waals surface area (Å²) < 4.78 is 80.7. The highest BCUT2D eigenvalue weighted by Gasteiger charge is 2.26. The molecule has 1 rings (SSSR count). The zero-order valence-electron chi connectivity index (χ0n) is 34.3. The van der Waals surface area contributed by atoms with Crippen molar-refractivity contribution >= 4 is 29.6 Å². The Hall–Kier alpha value is -3.87. The molecule has 0 radical (unpaired) electrons. The summed E-state index contributed by atoms with van der Waals surface area (Å²) in [5.74, 6) is -10.1. The number of nitrogens with one attached hydrogen (secondary N) is 4. The predicted octanol–water partition coefficient (Wildman–Crippen LogP) is 4.86. The summed E-state index contributed by atoms with van der Waals surface area (Å²) in [4.78, 5) is 61.4. The molecular formula is C40H64F4N4O10. The van der Waals surface area contributed by atoms with E-state index in [0.717, 1.165) is 45.4 Å². The first-order valence-corrected chi connectivity index (χ1v) is 20.4. The largest absolute Gasteiger partial charge is 0.420 e. The Morgan fingerprint density at radius 1 is 0.517 bits per heavy atom. The first-order chi connectivity index (χ1) is 27.9. The molecule has 1 aromatic carbocycles. The summed E-state index contributed by atoms with van der Waals surface area (Å²) in [5, 5.41) is 11.3. The number of hydrogen-bond acceptors (Lipinski definition) is 10. The van der Waals surface area contributed by atoms with Crippen molar-refractivity contribution < 1.29 is 65.2 Å². The minimum absolute atomic E-state index is 0.00905. The number of amides is 4. The fourth-order valence-electron chi connectivity index (χ4n) is 5.23. The molecule has 58 heavy (non-hydrogen) atoms. The van der Waals surface area contributed by atoms with Crippen LogP contribution in [0.25, 0.3) is 0 Å². The van der Waals surface area contributed by atoms with E-state index in [1.807, 2.05) is 0 Å². The number of carbonyl (C=O) groups excluding carboxylic acids is 5. The summed E-state index contributed by atoms with van der Waals surface area (Å²) in [5.41, 5.74) is -0.814. The van der Waals surface area contributed by atoms with Crippen LogP contribution < -0.4 is 26.0 Å². The zero-order valence-corrected chi connectivity index (χ0v) is 34.3. The molecule has 0 spiro atoms. The van der Waals surface area contributed by atoms with E-state index in [-0.39, 0.29) is 89.4 Å². The van der Waals surface area contributed by atoms with Gasteiger partial charge in [0.15, 0.2) is 17.5 Å². The highest BCUT2D eigenvalue weighted by Crippen LogP contribution is 2.29. The van der Waals surface area contributed by atoms with Crippen LogP contribution in [0.15, 0.2) is 0 Å². The fourth-order valence-corrected chi connectivity index (χ4v) is 5.23. The molecule has 0 saturated heterocycles. The number of benzene rings is 1. The average molecular weight is 837 g/mol. The lowest BCUT2D eigenvalue weighted by molar-refractivity contribution is -0.136. The molecule has 0 saturated carbocycles. The molecule has 0 aliphatic rings. The Kier molecular flexibility index (Phi) is 29.7. The Morgan fingerprint density at radius 3 is 1.60 bits per heavy atom. The van der Waals surface area contributed by atoms with Crippen LogP contribution in [-0.4, -0.2) is 108 Å². The monoisotopic (exact) mass is 836 g/mol. The Bertz CT molecular complexity index is 1350. The molecule has 0 unspecified atom stereocenters. The topological polar surface area (TPSA) is 180 Å². The van der Waals surface area contributed by atoms with Gasteiger partial charge in [0.05, 0.1) is 59.3 Å². The molecule has 14 nitrogen and oxygen atoms in total. The zero-order chi connectivity index (χ0) is 43.0. The van der Waals surface area contributed by atoms with E-state index >= 15 is 0 Å². The lowest BCUT2D eigenvalue weighted by Gasteiger charge is -2.19. The first kappa shape index (κ1) is 52.1. The van der Waals surface area contributed by atoms with Gasteiger partial charge in [-0.3, -0.25) is 24.0 Å². The average Bonchev–Trinajstić information content (AvgIpc) is 3.20. The van der Waals surface area contributed by atoms with Gasteiger partial charge in [-0.15, -0.1) is 0 Å². The second-order valence-corrected chi connectivity index (χ2v) is 13.5. The van der Waals surface area contributed by atoms with Gasteiger partial charge in [0, 0.05) is 44.5 Å². The smallest absolute Gasteiger partial charge is 0.313 e. The lowest BCUT2D eigenvalue weighted by Crippen LogP contribution is -2.47. The minimum Gasteiger partial charge on any atom is -0.420 e. The van der Waals surface area contributed by atoms with Gasteiger partial charge in [-0.1, -0.05) is 39.5 Å². The van der Waals surface area contributed by atoms with Crippen LogP contribution in [0.5, 0.6) is 5.75 Å².